The van der Waals surface area contributed by atoms with Crippen molar-refractivity contribution in [1.29, 1.82) is 0 Å². The highest BCUT2D eigenvalue weighted by Crippen LogP contribution is 2.38. The van der Waals surface area contributed by atoms with Crippen molar-refractivity contribution in [2.24, 2.45) is 0 Å². The molecule has 21 heavy (non-hydrogen) atoms. The monoisotopic (exact) mass is 268 g/mol. The van der Waals surface area contributed by atoms with E-state index < -0.39 is 0 Å². The summed E-state index contributed by atoms with van der Waals surface area (Å²) in [5.74, 6) is 0.315. The van der Waals surface area contributed by atoms with Crippen LogP contribution in [0.3, 0.4) is 0 Å². The zero-order valence-corrected chi connectivity index (χ0v) is 11.3. The van der Waals surface area contributed by atoms with Crippen LogP contribution in [0.4, 0.5) is 0 Å². The second-order valence-electron chi connectivity index (χ2n) is 5.64. The number of hydrogen-bond donors (Lipinski definition) is 1. The maximum atomic E-state index is 9.73. The molecule has 5 aromatic carbocycles. The van der Waals surface area contributed by atoms with E-state index in [2.05, 4.69) is 48.5 Å². The lowest BCUT2D eigenvalue weighted by Gasteiger charge is -2.13. The highest BCUT2D eigenvalue weighted by molar-refractivity contribution is 6.28. The van der Waals surface area contributed by atoms with Crippen LogP contribution in [0.2, 0.25) is 0 Å². The molecule has 0 fully saturated rings. The third-order valence-electron chi connectivity index (χ3n) is 4.45. The Kier molecular flexibility index (Phi) is 1.90. The van der Waals surface area contributed by atoms with Gasteiger partial charge in [0.25, 0.3) is 0 Å². The fourth-order valence-corrected chi connectivity index (χ4v) is 3.54. The molecular weight excluding hydrogens is 256 g/mol. The van der Waals surface area contributed by atoms with Crippen LogP contribution in [0.25, 0.3) is 43.1 Å². The van der Waals surface area contributed by atoms with Crippen LogP contribution >= 0.6 is 0 Å². The molecule has 0 aliphatic heterocycles. The number of benzene rings is 5. The van der Waals surface area contributed by atoms with Crippen molar-refractivity contribution < 1.29 is 5.11 Å². The summed E-state index contributed by atoms with van der Waals surface area (Å²) in [6, 6.07) is 23.0. The van der Waals surface area contributed by atoms with Crippen molar-refractivity contribution >= 4 is 43.1 Å². The van der Waals surface area contributed by atoms with E-state index in [0.29, 0.717) is 5.75 Å². The summed E-state index contributed by atoms with van der Waals surface area (Å²) in [5.41, 5.74) is 0. The van der Waals surface area contributed by atoms with Gasteiger partial charge in [0.05, 0.1) is 0 Å². The molecule has 0 radical (unpaired) electrons. The average Bonchev–Trinajstić information content (AvgIpc) is 2.51. The fraction of sp³-hybridized carbons (Fsp3) is 0. The van der Waals surface area contributed by atoms with Crippen LogP contribution < -0.4 is 0 Å². The van der Waals surface area contributed by atoms with Crippen LogP contribution in [0.15, 0.2) is 66.7 Å². The van der Waals surface area contributed by atoms with Gasteiger partial charge in [-0.25, -0.2) is 0 Å². The first kappa shape index (κ1) is 10.9. The molecule has 0 unspecified atom stereocenters. The van der Waals surface area contributed by atoms with Gasteiger partial charge in [0.15, 0.2) is 0 Å². The van der Waals surface area contributed by atoms with Gasteiger partial charge in [-0.15, -0.1) is 0 Å². The summed E-state index contributed by atoms with van der Waals surface area (Å²) in [4.78, 5) is 0. The van der Waals surface area contributed by atoms with Gasteiger partial charge in [-0.3, -0.25) is 0 Å². The van der Waals surface area contributed by atoms with Gasteiger partial charge >= 0.3 is 0 Å². The first-order valence-corrected chi connectivity index (χ1v) is 7.10. The minimum Gasteiger partial charge on any atom is -0.508 e. The Morgan fingerprint density at radius 3 is 2.10 bits per heavy atom. The molecule has 0 saturated carbocycles. The third-order valence-corrected chi connectivity index (χ3v) is 4.45. The molecule has 1 heteroatoms. The van der Waals surface area contributed by atoms with Crippen molar-refractivity contribution in [3.63, 3.8) is 0 Å². The summed E-state index contributed by atoms with van der Waals surface area (Å²) in [7, 11) is 0. The zero-order valence-electron chi connectivity index (χ0n) is 11.3. The molecule has 5 rings (SSSR count). The minimum atomic E-state index is 0.315. The maximum absolute atomic E-state index is 9.73. The first-order chi connectivity index (χ1) is 10.3. The predicted octanol–water partition coefficient (Wildman–Crippen LogP) is 5.44. The Morgan fingerprint density at radius 2 is 1.24 bits per heavy atom. The van der Waals surface area contributed by atoms with E-state index in [-0.39, 0.29) is 0 Å². The molecule has 0 aliphatic carbocycles. The second kappa shape index (κ2) is 3.64. The molecule has 98 valence electrons. The van der Waals surface area contributed by atoms with Gasteiger partial charge in [-0.05, 0) is 61.3 Å². The van der Waals surface area contributed by atoms with E-state index in [1.54, 1.807) is 6.07 Å². The normalized spacial score (nSPS) is 12.0. The summed E-state index contributed by atoms with van der Waals surface area (Å²) < 4.78 is 0. The van der Waals surface area contributed by atoms with Crippen LogP contribution in [0, 0.1) is 0 Å². The molecule has 5 aromatic rings. The number of aromatic hydroxyl groups is 1. The van der Waals surface area contributed by atoms with Crippen molar-refractivity contribution in [3.8, 4) is 5.75 Å². The molecule has 0 atom stereocenters. The molecular formula is C20H12O. The second-order valence-corrected chi connectivity index (χ2v) is 5.64. The molecule has 0 heterocycles. The van der Waals surface area contributed by atoms with Gasteiger partial charge in [0.1, 0.15) is 5.75 Å². The van der Waals surface area contributed by atoms with Gasteiger partial charge in [-0.2, -0.15) is 0 Å². The van der Waals surface area contributed by atoms with E-state index in [4.69, 9.17) is 0 Å². The van der Waals surface area contributed by atoms with Crippen molar-refractivity contribution in [2.45, 2.75) is 0 Å². The van der Waals surface area contributed by atoms with Crippen molar-refractivity contribution in [1.82, 2.24) is 0 Å². The molecule has 1 N–H and O–H groups in total. The minimum absolute atomic E-state index is 0.315. The van der Waals surface area contributed by atoms with E-state index in [1.165, 1.54) is 37.7 Å². The lowest BCUT2D eigenvalue weighted by atomic mass is 9.91. The topological polar surface area (TPSA) is 20.2 Å². The Hall–Kier alpha value is -2.80. The van der Waals surface area contributed by atoms with Gasteiger partial charge < -0.3 is 5.11 Å². The highest BCUT2D eigenvalue weighted by atomic mass is 16.3. The van der Waals surface area contributed by atoms with Gasteiger partial charge in [-0.1, -0.05) is 48.5 Å². The van der Waals surface area contributed by atoms with Gasteiger partial charge in [0, 0.05) is 0 Å². The van der Waals surface area contributed by atoms with E-state index in [0.717, 1.165) is 5.39 Å². The molecule has 1 nitrogen and oxygen atoms in total. The molecule has 0 amide bonds. The van der Waals surface area contributed by atoms with E-state index >= 15 is 0 Å². The Bertz CT molecular complexity index is 1120. The Labute approximate surface area is 121 Å². The van der Waals surface area contributed by atoms with Gasteiger partial charge in [0.2, 0.25) is 0 Å². The summed E-state index contributed by atoms with van der Waals surface area (Å²) in [5, 5.41) is 19.7. The zero-order chi connectivity index (χ0) is 14.0. The van der Waals surface area contributed by atoms with Crippen LogP contribution in [-0.4, -0.2) is 5.11 Å². The highest BCUT2D eigenvalue weighted by Gasteiger charge is 2.10. The molecule has 0 saturated heterocycles. The Balaban J connectivity index is 2.18. The SMILES string of the molecule is Oc1ccc2c(c1)cc1ccc3cccc4ccc2c1c34. The van der Waals surface area contributed by atoms with Crippen molar-refractivity contribution in [2.75, 3.05) is 0 Å². The Morgan fingerprint density at radius 1 is 0.524 bits per heavy atom. The predicted molar refractivity (Wildman–Crippen MR) is 89.3 cm³/mol. The van der Waals surface area contributed by atoms with Crippen LogP contribution in [0.1, 0.15) is 0 Å². The summed E-state index contributed by atoms with van der Waals surface area (Å²) in [6.45, 7) is 0. The summed E-state index contributed by atoms with van der Waals surface area (Å²) in [6.07, 6.45) is 0. The number of hydrogen-bond acceptors (Lipinski definition) is 1. The lowest BCUT2D eigenvalue weighted by molar-refractivity contribution is 0.476. The number of phenolic OH excluding ortho intramolecular Hbond substituents is 1. The standard InChI is InChI=1S/C20H12O/c21-16-7-9-17-15(11-16)10-14-5-4-12-2-1-3-13-6-8-18(17)20(14)19(12)13/h1-11,21H. The van der Waals surface area contributed by atoms with Crippen LogP contribution in [0.5, 0.6) is 5.75 Å². The first-order valence-electron chi connectivity index (χ1n) is 7.10. The maximum Gasteiger partial charge on any atom is 0.116 e. The van der Waals surface area contributed by atoms with E-state index in [1.807, 2.05) is 12.1 Å². The number of rotatable bonds is 0. The summed E-state index contributed by atoms with van der Waals surface area (Å²) >= 11 is 0. The molecule has 0 spiro atoms. The molecule has 0 bridgehead atoms. The smallest absolute Gasteiger partial charge is 0.116 e. The number of fused-ring (bicyclic) bond motifs is 2. The molecule has 0 aliphatic rings. The average molecular weight is 268 g/mol. The van der Waals surface area contributed by atoms with Crippen LogP contribution in [-0.2, 0) is 0 Å². The lowest BCUT2D eigenvalue weighted by Crippen LogP contribution is -1.85. The fourth-order valence-electron chi connectivity index (χ4n) is 3.54. The quantitative estimate of drug-likeness (QED) is 0.293. The largest absolute Gasteiger partial charge is 0.508 e. The third kappa shape index (κ3) is 1.35. The van der Waals surface area contributed by atoms with E-state index in [9.17, 15) is 5.11 Å². The van der Waals surface area contributed by atoms with Crippen molar-refractivity contribution in [3.05, 3.63) is 66.7 Å². The molecule has 0 aromatic heterocycles. The number of phenols is 1.